The maximum absolute atomic E-state index is 13.3. The van der Waals surface area contributed by atoms with E-state index >= 15 is 0 Å². The van der Waals surface area contributed by atoms with Gasteiger partial charge in [-0.15, -0.1) is 0 Å². The zero-order valence-electron chi connectivity index (χ0n) is 8.86. The molecule has 0 radical (unpaired) electrons. The topological polar surface area (TPSA) is 38.9 Å². The molecule has 0 fully saturated rings. The lowest BCUT2D eigenvalue weighted by Gasteiger charge is -2.05. The van der Waals surface area contributed by atoms with Crippen molar-refractivity contribution in [1.82, 2.24) is 4.98 Å². The largest absolute Gasteiger partial charge is 0.398 e. The number of aryl methyl sites for hydroxylation is 2. The van der Waals surface area contributed by atoms with Crippen molar-refractivity contribution < 1.29 is 4.39 Å². The highest BCUT2D eigenvalue weighted by Gasteiger charge is 2.03. The summed E-state index contributed by atoms with van der Waals surface area (Å²) in [5.74, 6) is -0.162. The lowest BCUT2D eigenvalue weighted by Crippen LogP contribution is -1.99. The van der Waals surface area contributed by atoms with Crippen molar-refractivity contribution >= 4 is 5.69 Å². The Hall–Kier alpha value is -1.90. The molecule has 2 N–H and O–H groups in total. The first-order chi connectivity index (χ1) is 7.77. The van der Waals surface area contributed by atoms with Gasteiger partial charge in [-0.1, -0.05) is 18.2 Å². The number of nitrogen functional groups attached to an aromatic ring is 1. The third-order valence-corrected chi connectivity index (χ3v) is 2.56. The molecule has 3 heteroatoms. The van der Waals surface area contributed by atoms with Crippen molar-refractivity contribution in [2.75, 3.05) is 5.73 Å². The predicted molar refractivity (Wildman–Crippen MR) is 62.5 cm³/mol. The molecule has 16 heavy (non-hydrogen) atoms. The van der Waals surface area contributed by atoms with Gasteiger partial charge in [0.05, 0.1) is 0 Å². The van der Waals surface area contributed by atoms with E-state index < -0.39 is 0 Å². The fraction of sp³-hybridized carbons (Fsp3) is 0.154. The number of anilines is 1. The summed E-state index contributed by atoms with van der Waals surface area (Å²) in [6.45, 7) is 0. The van der Waals surface area contributed by atoms with E-state index in [1.807, 2.05) is 6.07 Å². The third-order valence-electron chi connectivity index (χ3n) is 2.56. The first-order valence-electron chi connectivity index (χ1n) is 5.19. The van der Waals surface area contributed by atoms with E-state index in [0.717, 1.165) is 5.56 Å². The molecular formula is C13H13FN2. The van der Waals surface area contributed by atoms with Gasteiger partial charge in [-0.2, -0.15) is 0 Å². The number of aromatic nitrogens is 1. The molecule has 0 spiro atoms. The van der Waals surface area contributed by atoms with E-state index in [1.54, 1.807) is 30.6 Å². The summed E-state index contributed by atoms with van der Waals surface area (Å²) in [6.07, 6.45) is 4.74. The van der Waals surface area contributed by atoms with Gasteiger partial charge in [0, 0.05) is 18.1 Å². The molecule has 1 heterocycles. The monoisotopic (exact) mass is 216 g/mol. The van der Waals surface area contributed by atoms with Crippen molar-refractivity contribution in [3.63, 3.8) is 0 Å². The highest BCUT2D eigenvalue weighted by atomic mass is 19.1. The summed E-state index contributed by atoms with van der Waals surface area (Å²) in [6, 6.07) is 8.56. The van der Waals surface area contributed by atoms with E-state index in [9.17, 15) is 4.39 Å². The Morgan fingerprint density at radius 1 is 1.06 bits per heavy atom. The van der Waals surface area contributed by atoms with Crippen LogP contribution >= 0.6 is 0 Å². The SMILES string of the molecule is Nc1ccncc1CCc1ccccc1F. The van der Waals surface area contributed by atoms with Gasteiger partial charge in [0.1, 0.15) is 5.82 Å². The van der Waals surface area contributed by atoms with Crippen molar-refractivity contribution in [2.45, 2.75) is 12.8 Å². The molecule has 0 aliphatic rings. The highest BCUT2D eigenvalue weighted by Crippen LogP contribution is 2.14. The van der Waals surface area contributed by atoms with Crippen LogP contribution in [-0.2, 0) is 12.8 Å². The van der Waals surface area contributed by atoms with Crippen LogP contribution < -0.4 is 5.73 Å². The Balaban J connectivity index is 2.09. The number of pyridine rings is 1. The van der Waals surface area contributed by atoms with Crippen molar-refractivity contribution in [1.29, 1.82) is 0 Å². The lowest BCUT2D eigenvalue weighted by atomic mass is 10.0. The van der Waals surface area contributed by atoms with Gasteiger partial charge in [0.15, 0.2) is 0 Å². The van der Waals surface area contributed by atoms with Crippen molar-refractivity contribution in [3.05, 3.63) is 59.7 Å². The second kappa shape index (κ2) is 4.75. The Bertz CT molecular complexity index is 437. The highest BCUT2D eigenvalue weighted by molar-refractivity contribution is 5.44. The minimum atomic E-state index is -0.162. The van der Waals surface area contributed by atoms with Crippen molar-refractivity contribution in [3.8, 4) is 0 Å². The number of halogens is 1. The first kappa shape index (κ1) is 10.6. The second-order valence-corrected chi connectivity index (χ2v) is 3.67. The molecule has 0 saturated carbocycles. The zero-order chi connectivity index (χ0) is 11.4. The van der Waals surface area contributed by atoms with Crippen LogP contribution in [-0.4, -0.2) is 4.98 Å². The smallest absolute Gasteiger partial charge is 0.126 e. The Labute approximate surface area is 93.9 Å². The number of benzene rings is 1. The van der Waals surface area contributed by atoms with E-state index in [-0.39, 0.29) is 5.82 Å². The van der Waals surface area contributed by atoms with Crippen molar-refractivity contribution in [2.24, 2.45) is 0 Å². The maximum Gasteiger partial charge on any atom is 0.126 e. The molecule has 2 aromatic rings. The average molecular weight is 216 g/mol. The summed E-state index contributed by atoms with van der Waals surface area (Å²) in [5.41, 5.74) is 8.18. The van der Waals surface area contributed by atoms with Gasteiger partial charge >= 0.3 is 0 Å². The van der Waals surface area contributed by atoms with Gasteiger partial charge in [-0.05, 0) is 36.1 Å². The van der Waals surface area contributed by atoms with Gasteiger partial charge in [0.25, 0.3) is 0 Å². The number of nitrogens with zero attached hydrogens (tertiary/aromatic N) is 1. The molecule has 0 unspecified atom stereocenters. The van der Waals surface area contributed by atoms with E-state index in [1.165, 1.54) is 6.07 Å². The summed E-state index contributed by atoms with van der Waals surface area (Å²) in [5, 5.41) is 0. The zero-order valence-corrected chi connectivity index (χ0v) is 8.86. The lowest BCUT2D eigenvalue weighted by molar-refractivity contribution is 0.608. The molecule has 2 rings (SSSR count). The van der Waals surface area contributed by atoms with Gasteiger partial charge in [0.2, 0.25) is 0 Å². The van der Waals surface area contributed by atoms with E-state index in [2.05, 4.69) is 4.98 Å². The second-order valence-electron chi connectivity index (χ2n) is 3.67. The van der Waals surface area contributed by atoms with Crippen LogP contribution in [0.5, 0.6) is 0 Å². The fourth-order valence-corrected chi connectivity index (χ4v) is 1.62. The van der Waals surface area contributed by atoms with Crippen LogP contribution in [0.2, 0.25) is 0 Å². The van der Waals surface area contributed by atoms with Crippen LogP contribution in [0.4, 0.5) is 10.1 Å². The van der Waals surface area contributed by atoms with Crippen LogP contribution in [0.15, 0.2) is 42.7 Å². The molecule has 0 atom stereocenters. The number of rotatable bonds is 3. The van der Waals surface area contributed by atoms with Crippen LogP contribution in [0.3, 0.4) is 0 Å². The van der Waals surface area contributed by atoms with Gasteiger partial charge in [-0.3, -0.25) is 4.98 Å². The molecule has 82 valence electrons. The fourth-order valence-electron chi connectivity index (χ4n) is 1.62. The normalized spacial score (nSPS) is 10.3. The Morgan fingerprint density at radius 3 is 2.56 bits per heavy atom. The standard InChI is InChI=1S/C13H13FN2/c14-12-4-2-1-3-10(12)5-6-11-9-16-8-7-13(11)15/h1-4,7-9H,5-6H2,(H2,15,16). The van der Waals surface area contributed by atoms with Crippen LogP contribution in [0.25, 0.3) is 0 Å². The molecule has 0 amide bonds. The van der Waals surface area contributed by atoms with E-state index in [4.69, 9.17) is 5.73 Å². The summed E-state index contributed by atoms with van der Waals surface area (Å²) in [7, 11) is 0. The van der Waals surface area contributed by atoms with Gasteiger partial charge in [-0.25, -0.2) is 4.39 Å². The average Bonchev–Trinajstić information content (AvgIpc) is 2.30. The van der Waals surface area contributed by atoms with E-state index in [0.29, 0.717) is 24.1 Å². The minimum absolute atomic E-state index is 0.162. The molecule has 0 saturated heterocycles. The quantitative estimate of drug-likeness (QED) is 0.856. The number of hydrogen-bond acceptors (Lipinski definition) is 2. The van der Waals surface area contributed by atoms with Crippen LogP contribution in [0.1, 0.15) is 11.1 Å². The third kappa shape index (κ3) is 2.37. The minimum Gasteiger partial charge on any atom is -0.398 e. The molecule has 0 bridgehead atoms. The Kier molecular flexibility index (Phi) is 3.15. The van der Waals surface area contributed by atoms with Gasteiger partial charge < -0.3 is 5.73 Å². The maximum atomic E-state index is 13.3. The summed E-state index contributed by atoms with van der Waals surface area (Å²) < 4.78 is 13.3. The molecule has 0 aliphatic heterocycles. The van der Waals surface area contributed by atoms with Crippen LogP contribution in [0, 0.1) is 5.82 Å². The summed E-state index contributed by atoms with van der Waals surface area (Å²) >= 11 is 0. The molecule has 1 aromatic heterocycles. The Morgan fingerprint density at radius 2 is 1.81 bits per heavy atom. The number of nitrogens with two attached hydrogens (primary N) is 1. The first-order valence-corrected chi connectivity index (χ1v) is 5.19. The molecular weight excluding hydrogens is 203 g/mol. The predicted octanol–water partition coefficient (Wildman–Crippen LogP) is 2.59. The molecule has 1 aromatic carbocycles. The summed E-state index contributed by atoms with van der Waals surface area (Å²) in [4.78, 5) is 4.01. The molecule has 0 aliphatic carbocycles. The molecule has 2 nitrogen and oxygen atoms in total. The number of hydrogen-bond donors (Lipinski definition) is 1.